The van der Waals surface area contributed by atoms with E-state index in [1.54, 1.807) is 11.3 Å². The lowest BCUT2D eigenvalue weighted by atomic mass is 10.0. The summed E-state index contributed by atoms with van der Waals surface area (Å²) in [6.07, 6.45) is 1.94. The van der Waals surface area contributed by atoms with Gasteiger partial charge in [-0.15, -0.1) is 11.3 Å². The van der Waals surface area contributed by atoms with Crippen LogP contribution in [0.3, 0.4) is 0 Å². The summed E-state index contributed by atoms with van der Waals surface area (Å²) in [4.78, 5) is 5.69. The van der Waals surface area contributed by atoms with E-state index in [2.05, 4.69) is 62.3 Å². The van der Waals surface area contributed by atoms with Crippen LogP contribution in [0.25, 0.3) is 0 Å². The Balaban J connectivity index is 1.91. The predicted molar refractivity (Wildman–Crippen MR) is 82.6 cm³/mol. The van der Waals surface area contributed by atoms with Crippen LogP contribution in [0.1, 0.15) is 53.7 Å². The summed E-state index contributed by atoms with van der Waals surface area (Å²) in [6, 6.07) is 9.17. The molecule has 19 heavy (non-hydrogen) atoms. The molecule has 0 aliphatic carbocycles. The van der Waals surface area contributed by atoms with Crippen LogP contribution in [-0.4, -0.2) is 4.98 Å². The van der Waals surface area contributed by atoms with Gasteiger partial charge in [-0.3, -0.25) is 0 Å². The quantitative estimate of drug-likeness (QED) is 0.872. The van der Waals surface area contributed by atoms with Gasteiger partial charge in [-0.25, -0.2) is 4.98 Å². The van der Waals surface area contributed by atoms with E-state index >= 15 is 0 Å². The number of aryl methyl sites for hydroxylation is 1. The van der Waals surface area contributed by atoms with Crippen LogP contribution in [-0.2, 0) is 6.54 Å². The number of nitrogens with zero attached hydrogens (tertiary/aromatic N) is 1. The molecule has 0 spiro atoms. The number of aromatic nitrogens is 1. The smallest absolute Gasteiger partial charge is 0.109 e. The van der Waals surface area contributed by atoms with E-state index in [0.717, 1.165) is 11.6 Å². The first-order valence-corrected chi connectivity index (χ1v) is 7.62. The summed E-state index contributed by atoms with van der Waals surface area (Å²) in [5, 5.41) is 4.69. The maximum atomic E-state index is 4.42. The highest BCUT2D eigenvalue weighted by Crippen LogP contribution is 2.20. The Bertz CT molecular complexity index is 514. The van der Waals surface area contributed by atoms with E-state index in [1.165, 1.54) is 16.0 Å². The maximum Gasteiger partial charge on any atom is 0.109 e. The van der Waals surface area contributed by atoms with Crippen molar-refractivity contribution in [2.45, 2.75) is 46.2 Å². The van der Waals surface area contributed by atoms with Gasteiger partial charge in [0.2, 0.25) is 0 Å². The van der Waals surface area contributed by atoms with Crippen molar-refractivity contribution in [2.24, 2.45) is 0 Å². The third kappa shape index (κ3) is 3.88. The third-order valence-corrected chi connectivity index (χ3v) is 4.36. The van der Waals surface area contributed by atoms with E-state index < -0.39 is 0 Å². The van der Waals surface area contributed by atoms with Gasteiger partial charge in [-0.2, -0.15) is 0 Å². The van der Waals surface area contributed by atoms with Gasteiger partial charge in [0.05, 0.1) is 6.04 Å². The van der Waals surface area contributed by atoms with Crippen LogP contribution in [0.4, 0.5) is 0 Å². The average Bonchev–Trinajstić information content (AvgIpc) is 2.83. The van der Waals surface area contributed by atoms with Gasteiger partial charge in [-0.1, -0.05) is 38.1 Å². The monoisotopic (exact) mass is 274 g/mol. The Morgan fingerprint density at radius 2 is 1.84 bits per heavy atom. The van der Waals surface area contributed by atoms with Crippen molar-refractivity contribution < 1.29 is 0 Å². The minimum atomic E-state index is 0.309. The zero-order valence-electron chi connectivity index (χ0n) is 12.1. The summed E-state index contributed by atoms with van der Waals surface area (Å²) in [5.74, 6) is 0.597. The van der Waals surface area contributed by atoms with Crippen LogP contribution in [0.15, 0.2) is 30.5 Å². The molecule has 0 aliphatic rings. The Kier molecular flexibility index (Phi) is 4.72. The molecule has 1 aromatic heterocycles. The molecular formula is C16H22N2S. The van der Waals surface area contributed by atoms with Crippen molar-refractivity contribution in [3.63, 3.8) is 0 Å². The van der Waals surface area contributed by atoms with Crippen molar-refractivity contribution in [2.75, 3.05) is 0 Å². The normalized spacial score (nSPS) is 12.9. The highest BCUT2D eigenvalue weighted by Gasteiger charge is 2.08. The van der Waals surface area contributed by atoms with Crippen LogP contribution in [0.2, 0.25) is 0 Å². The van der Waals surface area contributed by atoms with E-state index in [4.69, 9.17) is 0 Å². The molecule has 1 atom stereocenters. The van der Waals surface area contributed by atoms with Crippen LogP contribution in [0.5, 0.6) is 0 Å². The topological polar surface area (TPSA) is 24.9 Å². The van der Waals surface area contributed by atoms with Gasteiger partial charge in [0.25, 0.3) is 0 Å². The zero-order valence-corrected chi connectivity index (χ0v) is 12.9. The molecule has 102 valence electrons. The lowest BCUT2D eigenvalue weighted by Gasteiger charge is -2.12. The second kappa shape index (κ2) is 6.31. The Labute approximate surface area is 119 Å². The molecule has 0 aliphatic heterocycles. The third-order valence-electron chi connectivity index (χ3n) is 3.27. The van der Waals surface area contributed by atoms with Gasteiger partial charge in [0, 0.05) is 17.6 Å². The number of thiazole rings is 1. The summed E-state index contributed by atoms with van der Waals surface area (Å²) in [6.45, 7) is 9.59. The molecule has 0 saturated carbocycles. The van der Waals surface area contributed by atoms with Crippen molar-refractivity contribution in [3.8, 4) is 0 Å². The molecule has 0 bridgehead atoms. The molecule has 2 rings (SSSR count). The minimum Gasteiger partial charge on any atom is -0.304 e. The van der Waals surface area contributed by atoms with Crippen LogP contribution >= 0.6 is 11.3 Å². The number of hydrogen-bond acceptors (Lipinski definition) is 3. The van der Waals surface area contributed by atoms with E-state index in [9.17, 15) is 0 Å². The maximum absolute atomic E-state index is 4.42. The van der Waals surface area contributed by atoms with E-state index in [-0.39, 0.29) is 0 Å². The molecular weight excluding hydrogens is 252 g/mol. The van der Waals surface area contributed by atoms with Gasteiger partial charge in [0.15, 0.2) is 0 Å². The average molecular weight is 274 g/mol. The second-order valence-corrected chi connectivity index (χ2v) is 6.57. The largest absolute Gasteiger partial charge is 0.304 e. The fourth-order valence-corrected chi connectivity index (χ4v) is 2.75. The first kappa shape index (κ1) is 14.2. The van der Waals surface area contributed by atoms with Gasteiger partial charge in [0.1, 0.15) is 5.01 Å². The number of rotatable bonds is 5. The zero-order chi connectivity index (χ0) is 13.8. The lowest BCUT2D eigenvalue weighted by Crippen LogP contribution is -2.17. The molecule has 0 fully saturated rings. The molecule has 1 unspecified atom stereocenters. The fraction of sp³-hybridized carbons (Fsp3) is 0.438. The molecule has 3 heteroatoms. The molecule has 1 N–H and O–H groups in total. The lowest BCUT2D eigenvalue weighted by molar-refractivity contribution is 0.571. The molecule has 0 saturated heterocycles. The Morgan fingerprint density at radius 3 is 2.37 bits per heavy atom. The molecule has 0 radical (unpaired) electrons. The van der Waals surface area contributed by atoms with Gasteiger partial charge >= 0.3 is 0 Å². The first-order chi connectivity index (χ1) is 9.06. The molecule has 2 aromatic rings. The first-order valence-electron chi connectivity index (χ1n) is 6.81. The van der Waals surface area contributed by atoms with Crippen LogP contribution < -0.4 is 5.32 Å². The summed E-state index contributed by atoms with van der Waals surface area (Å²) in [5.41, 5.74) is 2.72. The molecule has 1 aromatic carbocycles. The number of nitrogens with one attached hydrogen (secondary N) is 1. The van der Waals surface area contributed by atoms with Crippen molar-refractivity contribution in [3.05, 3.63) is 51.5 Å². The highest BCUT2D eigenvalue weighted by atomic mass is 32.1. The minimum absolute atomic E-state index is 0.309. The Morgan fingerprint density at radius 1 is 1.16 bits per heavy atom. The summed E-state index contributed by atoms with van der Waals surface area (Å²) in [7, 11) is 0. The predicted octanol–water partition coefficient (Wildman–Crippen LogP) is 4.43. The van der Waals surface area contributed by atoms with Crippen molar-refractivity contribution in [1.82, 2.24) is 10.3 Å². The van der Waals surface area contributed by atoms with Gasteiger partial charge in [-0.05, 0) is 30.9 Å². The number of hydrogen-bond donors (Lipinski definition) is 1. The molecule has 0 amide bonds. The number of benzene rings is 1. The van der Waals surface area contributed by atoms with Gasteiger partial charge < -0.3 is 5.32 Å². The van der Waals surface area contributed by atoms with E-state index in [1.807, 2.05) is 6.20 Å². The SMILES string of the molecule is Cc1cnc(C(C)NCc2ccc(C(C)C)cc2)s1. The Hall–Kier alpha value is -1.19. The summed E-state index contributed by atoms with van der Waals surface area (Å²) >= 11 is 1.76. The summed E-state index contributed by atoms with van der Waals surface area (Å²) < 4.78 is 0. The fourth-order valence-electron chi connectivity index (χ4n) is 1.95. The van der Waals surface area contributed by atoms with E-state index in [0.29, 0.717) is 12.0 Å². The second-order valence-electron chi connectivity index (χ2n) is 5.31. The van der Waals surface area contributed by atoms with Crippen molar-refractivity contribution in [1.29, 1.82) is 0 Å². The molecule has 2 nitrogen and oxygen atoms in total. The van der Waals surface area contributed by atoms with Crippen molar-refractivity contribution >= 4 is 11.3 Å². The molecule has 1 heterocycles. The highest BCUT2D eigenvalue weighted by molar-refractivity contribution is 7.11. The van der Waals surface area contributed by atoms with Crippen LogP contribution in [0, 0.1) is 6.92 Å². The standard InChI is InChI=1S/C16H22N2S/c1-11(2)15-7-5-14(6-8-15)10-17-13(4)16-18-9-12(3)19-16/h5-9,11,13,17H,10H2,1-4H3.